The van der Waals surface area contributed by atoms with Crippen LogP contribution in [0.5, 0.6) is 5.75 Å². The lowest BCUT2D eigenvalue weighted by Crippen LogP contribution is -2.31. The highest BCUT2D eigenvalue weighted by Crippen LogP contribution is 2.43. The maximum absolute atomic E-state index is 12.5. The average molecular weight is 438 g/mol. The molecule has 31 heavy (non-hydrogen) atoms. The Morgan fingerprint density at radius 2 is 1.94 bits per heavy atom. The van der Waals surface area contributed by atoms with Crippen molar-refractivity contribution in [3.63, 3.8) is 0 Å². The average Bonchev–Trinajstić information content (AvgIpc) is 3.22. The molecule has 0 aliphatic heterocycles. The minimum Gasteiger partial charge on any atom is -0.497 e. The lowest BCUT2D eigenvalue weighted by molar-refractivity contribution is 0.0938. The molecule has 7 heteroatoms. The molecule has 1 aliphatic rings. The summed E-state index contributed by atoms with van der Waals surface area (Å²) in [6, 6.07) is 11.2. The van der Waals surface area contributed by atoms with Crippen LogP contribution in [-0.4, -0.2) is 37.5 Å². The van der Waals surface area contributed by atoms with E-state index in [4.69, 9.17) is 4.74 Å². The van der Waals surface area contributed by atoms with Gasteiger partial charge in [-0.15, -0.1) is 11.3 Å². The third kappa shape index (κ3) is 4.56. The number of fused-ring (bicyclic) bond motifs is 1. The van der Waals surface area contributed by atoms with Crippen molar-refractivity contribution in [2.24, 2.45) is 5.92 Å². The van der Waals surface area contributed by atoms with Gasteiger partial charge in [0.2, 0.25) is 0 Å². The predicted octanol–water partition coefficient (Wildman–Crippen LogP) is 4.37. The molecule has 6 nitrogen and oxygen atoms in total. The normalized spacial score (nSPS) is 18.5. The van der Waals surface area contributed by atoms with Crippen molar-refractivity contribution in [2.75, 3.05) is 20.7 Å². The van der Waals surface area contributed by atoms with E-state index in [2.05, 4.69) is 21.7 Å². The highest BCUT2D eigenvalue weighted by molar-refractivity contribution is 7.20. The van der Waals surface area contributed by atoms with Gasteiger partial charge in [0, 0.05) is 30.7 Å². The highest BCUT2D eigenvalue weighted by Gasteiger charge is 2.29. The number of carbonyl (C=O) groups is 2. The molecule has 0 spiro atoms. The third-order valence-electron chi connectivity index (χ3n) is 6.08. The zero-order valence-corrected chi connectivity index (χ0v) is 18.6. The molecule has 4 rings (SSSR count). The van der Waals surface area contributed by atoms with Crippen LogP contribution in [0.1, 0.15) is 57.2 Å². The number of hydrogen-bond donors (Lipinski definition) is 2. The first-order valence-corrected chi connectivity index (χ1v) is 11.4. The summed E-state index contributed by atoms with van der Waals surface area (Å²) in [5.41, 5.74) is 1.76. The molecule has 3 aromatic rings. The van der Waals surface area contributed by atoms with Gasteiger partial charge in [0.15, 0.2) is 0 Å². The fourth-order valence-corrected chi connectivity index (χ4v) is 5.57. The first-order chi connectivity index (χ1) is 15.1. The predicted molar refractivity (Wildman–Crippen MR) is 123 cm³/mol. The standard InChI is InChI=1S/C24H27N3O3S/c1-25-23(29)21-20(19-7-4-12-26-24(19)31-21)16-10-8-15(9-11-16)14-27-22(28)17-5-3-6-18(13-17)30-2/h3-7,12-13,15-16H,8-11,14H2,1-2H3,(H,25,29)(H,27,28). The number of nitrogens with one attached hydrogen (secondary N) is 2. The Balaban J connectivity index is 1.40. The van der Waals surface area contributed by atoms with Crippen LogP contribution >= 0.6 is 11.3 Å². The topological polar surface area (TPSA) is 80.3 Å². The number of ether oxygens (including phenoxy) is 1. The van der Waals surface area contributed by atoms with Crippen LogP contribution in [-0.2, 0) is 0 Å². The molecule has 0 bridgehead atoms. The Morgan fingerprint density at radius 3 is 2.68 bits per heavy atom. The fraction of sp³-hybridized carbons (Fsp3) is 0.375. The molecule has 0 atom stereocenters. The molecule has 162 valence electrons. The number of aromatic nitrogens is 1. The van der Waals surface area contributed by atoms with Gasteiger partial charge >= 0.3 is 0 Å². The lowest BCUT2D eigenvalue weighted by Gasteiger charge is -2.29. The molecular weight excluding hydrogens is 410 g/mol. The summed E-state index contributed by atoms with van der Waals surface area (Å²) in [6.07, 6.45) is 5.83. The van der Waals surface area contributed by atoms with E-state index in [1.165, 1.54) is 11.3 Å². The summed E-state index contributed by atoms with van der Waals surface area (Å²) in [5, 5.41) is 6.94. The number of thiophene rings is 1. The molecule has 1 aromatic carbocycles. The summed E-state index contributed by atoms with van der Waals surface area (Å²) in [5.74, 6) is 1.36. The number of rotatable bonds is 6. The molecule has 0 radical (unpaired) electrons. The Labute approximate surface area is 186 Å². The van der Waals surface area contributed by atoms with Gasteiger partial charge < -0.3 is 15.4 Å². The molecule has 1 saturated carbocycles. The Morgan fingerprint density at radius 1 is 1.13 bits per heavy atom. The van der Waals surface area contributed by atoms with Gasteiger partial charge in [0.25, 0.3) is 11.8 Å². The maximum atomic E-state index is 12.5. The van der Waals surface area contributed by atoms with Gasteiger partial charge in [-0.3, -0.25) is 9.59 Å². The van der Waals surface area contributed by atoms with Crippen molar-refractivity contribution in [3.8, 4) is 5.75 Å². The van der Waals surface area contributed by atoms with E-state index in [9.17, 15) is 9.59 Å². The first-order valence-electron chi connectivity index (χ1n) is 10.6. The van der Waals surface area contributed by atoms with E-state index < -0.39 is 0 Å². The van der Waals surface area contributed by atoms with Crippen LogP contribution in [0.2, 0.25) is 0 Å². The second-order valence-corrected chi connectivity index (χ2v) is 8.94. The van der Waals surface area contributed by atoms with Crippen molar-refractivity contribution in [3.05, 3.63) is 58.6 Å². The zero-order valence-electron chi connectivity index (χ0n) is 17.8. The quantitative estimate of drug-likeness (QED) is 0.600. The lowest BCUT2D eigenvalue weighted by atomic mass is 9.78. The molecule has 1 fully saturated rings. The molecular formula is C24H27N3O3S. The van der Waals surface area contributed by atoms with Crippen LogP contribution in [0.25, 0.3) is 10.2 Å². The molecule has 2 aromatic heterocycles. The van der Waals surface area contributed by atoms with Crippen LogP contribution in [0.4, 0.5) is 0 Å². The van der Waals surface area contributed by atoms with E-state index >= 15 is 0 Å². The molecule has 2 N–H and O–H groups in total. The van der Waals surface area contributed by atoms with Crippen molar-refractivity contribution >= 4 is 33.4 Å². The molecule has 2 heterocycles. The van der Waals surface area contributed by atoms with Crippen molar-refractivity contribution in [1.29, 1.82) is 0 Å². The minimum absolute atomic E-state index is 0.0364. The monoisotopic (exact) mass is 437 g/mol. The van der Waals surface area contributed by atoms with Gasteiger partial charge in [-0.1, -0.05) is 12.1 Å². The van der Waals surface area contributed by atoms with Crippen molar-refractivity contribution < 1.29 is 14.3 Å². The number of benzene rings is 1. The SMILES string of the molecule is CNC(=O)c1sc2ncccc2c1C1CCC(CNC(=O)c2cccc(OC)c2)CC1. The highest BCUT2D eigenvalue weighted by atomic mass is 32.1. The maximum Gasteiger partial charge on any atom is 0.261 e. The first kappa shape index (κ1) is 21.3. The number of carbonyl (C=O) groups excluding carboxylic acids is 2. The second kappa shape index (κ2) is 9.47. The van der Waals surface area contributed by atoms with Gasteiger partial charge in [-0.25, -0.2) is 4.98 Å². The zero-order chi connectivity index (χ0) is 21.8. The molecule has 0 unspecified atom stereocenters. The number of hydrogen-bond acceptors (Lipinski definition) is 5. The van der Waals surface area contributed by atoms with E-state index in [-0.39, 0.29) is 11.8 Å². The van der Waals surface area contributed by atoms with Crippen molar-refractivity contribution in [2.45, 2.75) is 31.6 Å². The van der Waals surface area contributed by atoms with Crippen LogP contribution in [0, 0.1) is 5.92 Å². The minimum atomic E-state index is -0.0715. The number of pyridine rings is 1. The van der Waals surface area contributed by atoms with Gasteiger partial charge in [0.1, 0.15) is 10.6 Å². The number of nitrogens with zero attached hydrogens (tertiary/aromatic N) is 1. The summed E-state index contributed by atoms with van der Waals surface area (Å²) >= 11 is 1.48. The number of methoxy groups -OCH3 is 1. The van der Waals surface area contributed by atoms with Crippen LogP contribution in [0.3, 0.4) is 0 Å². The Hall–Kier alpha value is -2.93. The van der Waals surface area contributed by atoms with Gasteiger partial charge in [-0.05, 0) is 67.3 Å². The van der Waals surface area contributed by atoms with Gasteiger partial charge in [0.05, 0.1) is 12.0 Å². The van der Waals surface area contributed by atoms with Gasteiger partial charge in [-0.2, -0.15) is 0 Å². The second-order valence-electron chi connectivity index (χ2n) is 7.94. The summed E-state index contributed by atoms with van der Waals surface area (Å²) < 4.78 is 5.20. The summed E-state index contributed by atoms with van der Waals surface area (Å²) in [7, 11) is 3.27. The third-order valence-corrected chi connectivity index (χ3v) is 7.20. The fourth-order valence-electron chi connectivity index (χ4n) is 4.40. The van der Waals surface area contributed by atoms with Crippen molar-refractivity contribution in [1.82, 2.24) is 15.6 Å². The Kier molecular flexibility index (Phi) is 6.51. The van der Waals surface area contributed by atoms with Crippen LogP contribution < -0.4 is 15.4 Å². The summed E-state index contributed by atoms with van der Waals surface area (Å²) in [6.45, 7) is 0.664. The molecule has 0 saturated heterocycles. The van der Waals surface area contributed by atoms with E-state index in [1.54, 1.807) is 32.5 Å². The van der Waals surface area contributed by atoms with E-state index in [1.807, 2.05) is 18.2 Å². The molecule has 2 amide bonds. The molecule has 1 aliphatic carbocycles. The largest absolute Gasteiger partial charge is 0.497 e. The van der Waals surface area contributed by atoms with E-state index in [0.717, 1.165) is 46.3 Å². The Bertz CT molecular complexity index is 1090. The van der Waals surface area contributed by atoms with E-state index in [0.29, 0.717) is 29.7 Å². The smallest absolute Gasteiger partial charge is 0.261 e. The van der Waals surface area contributed by atoms with Crippen LogP contribution in [0.15, 0.2) is 42.6 Å². The number of amides is 2. The summed E-state index contributed by atoms with van der Waals surface area (Å²) in [4.78, 5) is 31.1.